The fourth-order valence-corrected chi connectivity index (χ4v) is 3.31. The van der Waals surface area contributed by atoms with E-state index >= 15 is 0 Å². The van der Waals surface area contributed by atoms with E-state index in [0.717, 1.165) is 17.7 Å². The normalized spacial score (nSPS) is 12.4. The molecule has 0 saturated heterocycles. The Kier molecular flexibility index (Phi) is 9.89. The van der Waals surface area contributed by atoms with Gasteiger partial charge in [0.25, 0.3) is 0 Å². The third-order valence-corrected chi connectivity index (χ3v) is 4.86. The second-order valence-electron chi connectivity index (χ2n) is 9.08. The molecule has 0 aliphatic rings. The summed E-state index contributed by atoms with van der Waals surface area (Å²) in [5, 5.41) is 2.51. The quantitative estimate of drug-likeness (QED) is 0.495. The molecule has 2 rings (SSSR count). The topological polar surface area (TPSA) is 84.9 Å². The minimum atomic E-state index is -4.51. The van der Waals surface area contributed by atoms with Gasteiger partial charge in [0.15, 0.2) is 0 Å². The zero-order valence-electron chi connectivity index (χ0n) is 20.7. The number of ether oxygens (including phenoxy) is 2. The predicted molar refractivity (Wildman–Crippen MR) is 127 cm³/mol. The van der Waals surface area contributed by atoms with E-state index in [1.54, 1.807) is 58.0 Å². The second kappa shape index (κ2) is 12.4. The van der Waals surface area contributed by atoms with E-state index < -0.39 is 41.4 Å². The first kappa shape index (κ1) is 28.7. The molecule has 0 saturated carbocycles. The number of carbonyl (C=O) groups is 3. The Morgan fingerprint density at radius 3 is 2.08 bits per heavy atom. The summed E-state index contributed by atoms with van der Waals surface area (Å²) in [4.78, 5) is 39.6. The second-order valence-corrected chi connectivity index (χ2v) is 9.08. The molecule has 1 atom stereocenters. The number of esters is 1. The summed E-state index contributed by atoms with van der Waals surface area (Å²) in [6.45, 7) is 6.40. The molecule has 1 N–H and O–H groups in total. The molecule has 0 spiro atoms. The van der Waals surface area contributed by atoms with Crippen LogP contribution in [0.4, 0.5) is 18.0 Å². The SMILES string of the molecule is CCOC(=O)CN(Cc1ccccc1)C(=O)C(Cc1ccc(C(F)(F)F)cc1)NC(=O)OC(C)(C)C. The fraction of sp³-hybridized carbons (Fsp3) is 0.423. The summed E-state index contributed by atoms with van der Waals surface area (Å²) in [6, 6.07) is 12.0. The van der Waals surface area contributed by atoms with Crippen molar-refractivity contribution in [3.63, 3.8) is 0 Å². The van der Waals surface area contributed by atoms with Crippen LogP contribution in [0.2, 0.25) is 0 Å². The lowest BCUT2D eigenvalue weighted by molar-refractivity contribution is -0.150. The van der Waals surface area contributed by atoms with Crippen molar-refractivity contribution in [2.24, 2.45) is 0 Å². The summed E-state index contributed by atoms with van der Waals surface area (Å²) >= 11 is 0. The number of carbonyl (C=O) groups excluding carboxylic acids is 3. The molecular weight excluding hydrogens is 477 g/mol. The Hall–Kier alpha value is -3.56. The lowest BCUT2D eigenvalue weighted by Crippen LogP contribution is -2.51. The van der Waals surface area contributed by atoms with Crippen LogP contribution in [0.5, 0.6) is 0 Å². The van der Waals surface area contributed by atoms with Gasteiger partial charge in [0.05, 0.1) is 12.2 Å². The highest BCUT2D eigenvalue weighted by molar-refractivity contribution is 5.88. The number of alkyl halides is 3. The minimum Gasteiger partial charge on any atom is -0.465 e. The Labute approximate surface area is 208 Å². The van der Waals surface area contributed by atoms with Crippen LogP contribution in [0.1, 0.15) is 44.4 Å². The minimum absolute atomic E-state index is 0.0536. The predicted octanol–water partition coefficient (Wildman–Crippen LogP) is 4.73. The van der Waals surface area contributed by atoms with Crippen LogP contribution in [0, 0.1) is 0 Å². The third kappa shape index (κ3) is 9.59. The monoisotopic (exact) mass is 508 g/mol. The molecule has 2 aromatic rings. The van der Waals surface area contributed by atoms with Crippen molar-refractivity contribution < 1.29 is 37.0 Å². The van der Waals surface area contributed by atoms with E-state index in [-0.39, 0.29) is 26.1 Å². The van der Waals surface area contributed by atoms with Gasteiger partial charge in [-0.15, -0.1) is 0 Å². The molecule has 36 heavy (non-hydrogen) atoms. The number of nitrogens with one attached hydrogen (secondary N) is 1. The number of hydrogen-bond donors (Lipinski definition) is 1. The maximum atomic E-state index is 13.6. The first-order valence-corrected chi connectivity index (χ1v) is 11.4. The van der Waals surface area contributed by atoms with Crippen molar-refractivity contribution >= 4 is 18.0 Å². The van der Waals surface area contributed by atoms with E-state index in [1.807, 2.05) is 0 Å². The van der Waals surface area contributed by atoms with Crippen molar-refractivity contribution in [2.75, 3.05) is 13.2 Å². The number of nitrogens with zero attached hydrogens (tertiary/aromatic N) is 1. The van der Waals surface area contributed by atoms with Gasteiger partial charge in [-0.25, -0.2) is 4.79 Å². The Bertz CT molecular complexity index is 1020. The van der Waals surface area contributed by atoms with E-state index in [1.165, 1.54) is 17.0 Å². The number of hydrogen-bond acceptors (Lipinski definition) is 5. The highest BCUT2D eigenvalue weighted by Gasteiger charge is 2.32. The van der Waals surface area contributed by atoms with Gasteiger partial charge < -0.3 is 19.7 Å². The maximum Gasteiger partial charge on any atom is 0.416 e. The van der Waals surface area contributed by atoms with Crippen LogP contribution < -0.4 is 5.32 Å². The standard InChI is InChI=1S/C26H31F3N2O5/c1-5-35-22(32)17-31(16-19-9-7-6-8-10-19)23(33)21(30-24(34)36-25(2,3)4)15-18-11-13-20(14-12-18)26(27,28)29/h6-14,21H,5,15-17H2,1-4H3,(H,30,34). The smallest absolute Gasteiger partial charge is 0.416 e. The van der Waals surface area contributed by atoms with Crippen LogP contribution >= 0.6 is 0 Å². The molecule has 0 bridgehead atoms. The third-order valence-electron chi connectivity index (χ3n) is 4.86. The first-order valence-electron chi connectivity index (χ1n) is 11.4. The molecule has 2 aromatic carbocycles. The highest BCUT2D eigenvalue weighted by atomic mass is 19.4. The molecule has 0 aromatic heterocycles. The zero-order chi connectivity index (χ0) is 26.9. The van der Waals surface area contributed by atoms with Crippen molar-refractivity contribution in [1.29, 1.82) is 0 Å². The van der Waals surface area contributed by atoms with Crippen molar-refractivity contribution in [2.45, 2.75) is 58.5 Å². The van der Waals surface area contributed by atoms with Crippen molar-refractivity contribution in [3.05, 3.63) is 71.3 Å². The van der Waals surface area contributed by atoms with Crippen molar-refractivity contribution in [1.82, 2.24) is 10.2 Å². The van der Waals surface area contributed by atoms with Gasteiger partial charge in [0.2, 0.25) is 5.91 Å². The molecule has 2 amide bonds. The van der Waals surface area contributed by atoms with Crippen LogP contribution in [-0.2, 0) is 38.2 Å². The van der Waals surface area contributed by atoms with Crippen LogP contribution in [0.3, 0.4) is 0 Å². The van der Waals surface area contributed by atoms with Gasteiger partial charge in [0, 0.05) is 13.0 Å². The maximum absolute atomic E-state index is 13.6. The number of amides is 2. The van der Waals surface area contributed by atoms with Crippen LogP contribution in [0.15, 0.2) is 54.6 Å². The Morgan fingerprint density at radius 1 is 0.944 bits per heavy atom. The summed E-state index contributed by atoms with van der Waals surface area (Å²) in [5.74, 6) is -1.25. The fourth-order valence-electron chi connectivity index (χ4n) is 3.31. The van der Waals surface area contributed by atoms with Crippen LogP contribution in [-0.4, -0.2) is 47.7 Å². The highest BCUT2D eigenvalue weighted by Crippen LogP contribution is 2.29. The average molecular weight is 509 g/mol. The molecule has 196 valence electrons. The Morgan fingerprint density at radius 2 is 1.56 bits per heavy atom. The molecule has 0 heterocycles. The van der Waals surface area contributed by atoms with Crippen LogP contribution in [0.25, 0.3) is 0 Å². The van der Waals surface area contributed by atoms with Crippen molar-refractivity contribution in [3.8, 4) is 0 Å². The van der Waals surface area contributed by atoms with Gasteiger partial charge in [-0.3, -0.25) is 9.59 Å². The zero-order valence-corrected chi connectivity index (χ0v) is 20.7. The molecule has 0 radical (unpaired) electrons. The number of halogens is 3. The largest absolute Gasteiger partial charge is 0.465 e. The van der Waals surface area contributed by atoms with Gasteiger partial charge >= 0.3 is 18.2 Å². The van der Waals surface area contributed by atoms with E-state index in [0.29, 0.717) is 5.56 Å². The van der Waals surface area contributed by atoms with E-state index in [9.17, 15) is 27.6 Å². The summed E-state index contributed by atoms with van der Waals surface area (Å²) in [6.07, 6.45) is -5.50. The Balaban J connectivity index is 2.34. The summed E-state index contributed by atoms with van der Waals surface area (Å²) < 4.78 is 49.2. The molecule has 7 nitrogen and oxygen atoms in total. The number of rotatable bonds is 9. The molecule has 0 fully saturated rings. The number of alkyl carbamates (subject to hydrolysis) is 1. The average Bonchev–Trinajstić information content (AvgIpc) is 2.77. The molecule has 0 aliphatic carbocycles. The lowest BCUT2D eigenvalue weighted by atomic mass is 10.0. The molecule has 10 heteroatoms. The molecule has 1 unspecified atom stereocenters. The van der Waals surface area contributed by atoms with Gasteiger partial charge in [0.1, 0.15) is 18.2 Å². The molecule has 0 aliphatic heterocycles. The summed E-state index contributed by atoms with van der Waals surface area (Å²) in [5.41, 5.74) is -0.558. The van der Waals surface area contributed by atoms with Gasteiger partial charge in [-0.1, -0.05) is 42.5 Å². The lowest BCUT2D eigenvalue weighted by Gasteiger charge is -2.28. The first-order chi connectivity index (χ1) is 16.8. The summed E-state index contributed by atoms with van der Waals surface area (Å²) in [7, 11) is 0. The van der Waals surface area contributed by atoms with Gasteiger partial charge in [-0.05, 0) is 51.0 Å². The number of benzene rings is 2. The van der Waals surface area contributed by atoms with E-state index in [2.05, 4.69) is 5.32 Å². The van der Waals surface area contributed by atoms with E-state index in [4.69, 9.17) is 9.47 Å². The molecular formula is C26H31F3N2O5. The van der Waals surface area contributed by atoms with Gasteiger partial charge in [-0.2, -0.15) is 13.2 Å².